The molecule has 2 heteroatoms. The smallest absolute Gasteiger partial charge is 0.166 e. The fourth-order valence-electron chi connectivity index (χ4n) is 4.61. The van der Waals surface area contributed by atoms with Gasteiger partial charge in [-0.1, -0.05) is 86.8 Å². The predicted octanol–water partition coefficient (Wildman–Crippen LogP) is 6.37. The lowest BCUT2D eigenvalue weighted by Crippen LogP contribution is -2.36. The normalized spacial score (nSPS) is 22.3. The minimum atomic E-state index is -0.0274. The van der Waals surface area contributed by atoms with Crippen molar-refractivity contribution in [2.75, 3.05) is 0 Å². The molecule has 0 aromatic heterocycles. The van der Waals surface area contributed by atoms with Crippen molar-refractivity contribution >= 4 is 11.6 Å². The standard InChI is InChI=1S/C25H30O2/c1-2-3-11-20-16-10-17-22(18-23(26)19-12-6-4-7-13-19)24(20)25(27)21-14-8-5-9-15-21/h4-9,12-15,20,22,24H,2-3,10-11,16-18H2,1H3/t20-,22-,24+/m0/s1. The SMILES string of the molecule is CCCC[C@H]1CCC[C@@H](CC(=O)c2ccccc2)[C@@H]1C(=O)c1ccccc1. The Labute approximate surface area is 163 Å². The molecule has 3 atom stereocenters. The van der Waals surface area contributed by atoms with Crippen molar-refractivity contribution in [1.29, 1.82) is 0 Å². The topological polar surface area (TPSA) is 34.1 Å². The molecule has 1 aliphatic rings. The molecule has 142 valence electrons. The van der Waals surface area contributed by atoms with Gasteiger partial charge in [0.25, 0.3) is 0 Å². The fraction of sp³-hybridized carbons (Fsp3) is 0.440. The van der Waals surface area contributed by atoms with Crippen LogP contribution in [-0.2, 0) is 0 Å². The van der Waals surface area contributed by atoms with E-state index in [9.17, 15) is 9.59 Å². The Hall–Kier alpha value is -2.22. The number of ketones is 2. The van der Waals surface area contributed by atoms with Crippen LogP contribution >= 0.6 is 0 Å². The van der Waals surface area contributed by atoms with Crippen molar-refractivity contribution in [3.63, 3.8) is 0 Å². The monoisotopic (exact) mass is 362 g/mol. The highest BCUT2D eigenvalue weighted by Gasteiger charge is 2.39. The number of carbonyl (C=O) groups excluding carboxylic acids is 2. The Morgan fingerprint density at radius 2 is 1.44 bits per heavy atom. The van der Waals surface area contributed by atoms with E-state index in [1.54, 1.807) is 0 Å². The zero-order chi connectivity index (χ0) is 19.1. The zero-order valence-corrected chi connectivity index (χ0v) is 16.3. The summed E-state index contributed by atoms with van der Waals surface area (Å²) in [5.74, 6) is 0.936. The lowest BCUT2D eigenvalue weighted by atomic mass is 9.66. The quantitative estimate of drug-likeness (QED) is 0.512. The minimum absolute atomic E-state index is 0.0274. The fourth-order valence-corrected chi connectivity index (χ4v) is 4.61. The van der Waals surface area contributed by atoms with Crippen LogP contribution in [0.1, 0.15) is 72.6 Å². The molecule has 0 heterocycles. The van der Waals surface area contributed by atoms with Crippen molar-refractivity contribution in [1.82, 2.24) is 0 Å². The third-order valence-corrected chi connectivity index (χ3v) is 6.00. The molecular weight excluding hydrogens is 332 g/mol. The molecule has 1 aliphatic carbocycles. The Balaban J connectivity index is 1.82. The second-order valence-corrected chi connectivity index (χ2v) is 7.84. The Bertz CT molecular complexity index is 735. The van der Waals surface area contributed by atoms with Gasteiger partial charge in [-0.25, -0.2) is 0 Å². The van der Waals surface area contributed by atoms with E-state index < -0.39 is 0 Å². The number of unbranched alkanes of at least 4 members (excludes halogenated alkanes) is 1. The van der Waals surface area contributed by atoms with Gasteiger partial charge < -0.3 is 0 Å². The Kier molecular flexibility index (Phi) is 6.98. The summed E-state index contributed by atoms with van der Waals surface area (Å²) in [6.45, 7) is 2.20. The summed E-state index contributed by atoms with van der Waals surface area (Å²) in [5.41, 5.74) is 1.56. The highest BCUT2D eigenvalue weighted by atomic mass is 16.1. The molecule has 0 amide bonds. The average molecular weight is 363 g/mol. The molecule has 0 saturated heterocycles. The number of hydrogen-bond acceptors (Lipinski definition) is 2. The molecule has 2 aromatic rings. The highest BCUT2D eigenvalue weighted by molar-refractivity contribution is 6.00. The van der Waals surface area contributed by atoms with Gasteiger partial charge >= 0.3 is 0 Å². The first-order valence-corrected chi connectivity index (χ1v) is 10.4. The largest absolute Gasteiger partial charge is 0.294 e. The summed E-state index contributed by atoms with van der Waals surface area (Å²) in [5, 5.41) is 0. The van der Waals surface area contributed by atoms with Crippen LogP contribution in [0, 0.1) is 17.8 Å². The number of carbonyl (C=O) groups is 2. The van der Waals surface area contributed by atoms with Crippen molar-refractivity contribution in [2.45, 2.75) is 51.9 Å². The van der Waals surface area contributed by atoms with Gasteiger partial charge in [-0.2, -0.15) is 0 Å². The van der Waals surface area contributed by atoms with Gasteiger partial charge in [-0.05, 0) is 31.1 Å². The Morgan fingerprint density at radius 1 is 0.852 bits per heavy atom. The molecule has 0 aliphatic heterocycles. The molecular formula is C25H30O2. The van der Waals surface area contributed by atoms with Crippen LogP contribution in [0.5, 0.6) is 0 Å². The van der Waals surface area contributed by atoms with Gasteiger partial charge in [0.2, 0.25) is 0 Å². The first-order chi connectivity index (χ1) is 13.2. The molecule has 2 nitrogen and oxygen atoms in total. The summed E-state index contributed by atoms with van der Waals surface area (Å²) >= 11 is 0. The summed E-state index contributed by atoms with van der Waals surface area (Å²) in [6, 6.07) is 19.2. The van der Waals surface area contributed by atoms with E-state index in [0.717, 1.165) is 49.7 Å². The molecule has 0 spiro atoms. The van der Waals surface area contributed by atoms with Crippen molar-refractivity contribution in [2.24, 2.45) is 17.8 Å². The third-order valence-electron chi connectivity index (χ3n) is 6.00. The number of Topliss-reactive ketones (excluding diaryl/α,β-unsaturated/α-hetero) is 2. The second-order valence-electron chi connectivity index (χ2n) is 7.84. The molecule has 0 radical (unpaired) electrons. The summed E-state index contributed by atoms with van der Waals surface area (Å²) in [4.78, 5) is 26.2. The van der Waals surface area contributed by atoms with Gasteiger partial charge in [0.05, 0.1) is 0 Å². The van der Waals surface area contributed by atoms with Crippen molar-refractivity contribution in [3.8, 4) is 0 Å². The summed E-state index contributed by atoms with van der Waals surface area (Å²) < 4.78 is 0. The molecule has 2 aromatic carbocycles. The maximum atomic E-state index is 13.4. The van der Waals surface area contributed by atoms with Crippen molar-refractivity contribution < 1.29 is 9.59 Å². The van der Waals surface area contributed by atoms with E-state index in [2.05, 4.69) is 6.92 Å². The Morgan fingerprint density at radius 3 is 2.07 bits per heavy atom. The van der Waals surface area contributed by atoms with Crippen LogP contribution in [0.3, 0.4) is 0 Å². The zero-order valence-electron chi connectivity index (χ0n) is 16.3. The van der Waals surface area contributed by atoms with E-state index in [0.29, 0.717) is 12.3 Å². The van der Waals surface area contributed by atoms with Crippen LogP contribution in [0.2, 0.25) is 0 Å². The lowest BCUT2D eigenvalue weighted by Gasteiger charge is -2.37. The maximum absolute atomic E-state index is 13.4. The van der Waals surface area contributed by atoms with Crippen LogP contribution < -0.4 is 0 Å². The van der Waals surface area contributed by atoms with Crippen LogP contribution in [0.25, 0.3) is 0 Å². The van der Waals surface area contributed by atoms with E-state index in [1.165, 1.54) is 0 Å². The predicted molar refractivity (Wildman–Crippen MR) is 110 cm³/mol. The van der Waals surface area contributed by atoms with Crippen LogP contribution in [0.4, 0.5) is 0 Å². The van der Waals surface area contributed by atoms with Gasteiger partial charge in [-0.3, -0.25) is 9.59 Å². The first-order valence-electron chi connectivity index (χ1n) is 10.4. The van der Waals surface area contributed by atoms with E-state index >= 15 is 0 Å². The van der Waals surface area contributed by atoms with Gasteiger partial charge in [-0.15, -0.1) is 0 Å². The summed E-state index contributed by atoms with van der Waals surface area (Å²) in [6.07, 6.45) is 7.09. The number of hydrogen-bond donors (Lipinski definition) is 0. The van der Waals surface area contributed by atoms with E-state index in [-0.39, 0.29) is 23.4 Å². The van der Waals surface area contributed by atoms with Crippen LogP contribution in [0.15, 0.2) is 60.7 Å². The van der Waals surface area contributed by atoms with Gasteiger partial charge in [0, 0.05) is 23.5 Å². The molecule has 3 rings (SSSR count). The molecule has 0 bridgehead atoms. The van der Waals surface area contributed by atoms with Crippen LogP contribution in [-0.4, -0.2) is 11.6 Å². The maximum Gasteiger partial charge on any atom is 0.166 e. The third kappa shape index (κ3) is 4.94. The number of benzene rings is 2. The summed E-state index contributed by atoms with van der Waals surface area (Å²) in [7, 11) is 0. The van der Waals surface area contributed by atoms with Gasteiger partial charge in [0.1, 0.15) is 0 Å². The van der Waals surface area contributed by atoms with Crippen molar-refractivity contribution in [3.05, 3.63) is 71.8 Å². The second kappa shape index (κ2) is 9.64. The molecule has 1 saturated carbocycles. The average Bonchev–Trinajstić information content (AvgIpc) is 2.73. The molecule has 0 unspecified atom stereocenters. The molecule has 0 N–H and O–H groups in total. The lowest BCUT2D eigenvalue weighted by molar-refractivity contribution is 0.0659. The van der Waals surface area contributed by atoms with E-state index in [1.807, 2.05) is 60.7 Å². The van der Waals surface area contributed by atoms with E-state index in [4.69, 9.17) is 0 Å². The molecule has 1 fully saturated rings. The van der Waals surface area contributed by atoms with Gasteiger partial charge in [0.15, 0.2) is 11.6 Å². The highest BCUT2D eigenvalue weighted by Crippen LogP contribution is 2.41. The first kappa shape index (κ1) is 19.5. The molecule has 27 heavy (non-hydrogen) atoms. The number of rotatable bonds is 8. The minimum Gasteiger partial charge on any atom is -0.294 e.